The monoisotopic (exact) mass is 433 g/mol. The number of benzene rings is 2. The molecule has 1 aliphatic heterocycles. The molecule has 1 fully saturated rings. The first-order chi connectivity index (χ1) is 14.8. The van der Waals surface area contributed by atoms with E-state index in [0.29, 0.717) is 16.4 Å². The van der Waals surface area contributed by atoms with Crippen molar-refractivity contribution in [3.8, 4) is 11.3 Å². The predicted molar refractivity (Wildman–Crippen MR) is 119 cm³/mol. The number of hydrogen-bond donors (Lipinski definition) is 1. The molecule has 0 atom stereocenters. The number of imide groups is 1. The summed E-state index contributed by atoms with van der Waals surface area (Å²) in [5.74, 6) is -0.340. The number of carbonyl (C=O) groups is 3. The van der Waals surface area contributed by atoms with E-state index < -0.39 is 5.97 Å². The molecule has 0 unspecified atom stereocenters. The van der Waals surface area contributed by atoms with Gasteiger partial charge in [-0.05, 0) is 66.6 Å². The van der Waals surface area contributed by atoms with Crippen LogP contribution in [-0.4, -0.2) is 27.1 Å². The molecule has 3 aromatic rings. The molecule has 2 heterocycles. The van der Waals surface area contributed by atoms with Gasteiger partial charge in [0.25, 0.3) is 11.1 Å². The van der Waals surface area contributed by atoms with Gasteiger partial charge >= 0.3 is 5.97 Å². The summed E-state index contributed by atoms with van der Waals surface area (Å²) in [6.07, 6.45) is 1.56. The van der Waals surface area contributed by atoms with Crippen LogP contribution in [0.15, 0.2) is 63.9 Å². The lowest BCUT2D eigenvalue weighted by molar-refractivity contribution is -0.123. The Hall–Kier alpha value is -3.58. The first-order valence-corrected chi connectivity index (χ1v) is 10.4. The predicted octanol–water partition coefficient (Wildman–Crippen LogP) is 5.50. The maximum absolute atomic E-state index is 12.8. The number of carboxylic acid groups (broad SMARTS) is 1. The van der Waals surface area contributed by atoms with E-state index in [1.807, 2.05) is 31.2 Å². The van der Waals surface area contributed by atoms with Crippen LogP contribution >= 0.6 is 11.8 Å². The van der Waals surface area contributed by atoms with E-state index in [9.17, 15) is 14.4 Å². The zero-order valence-corrected chi connectivity index (χ0v) is 17.7. The van der Waals surface area contributed by atoms with E-state index in [-0.39, 0.29) is 23.3 Å². The van der Waals surface area contributed by atoms with Gasteiger partial charge < -0.3 is 9.52 Å². The molecule has 0 saturated carbocycles. The van der Waals surface area contributed by atoms with Crippen molar-refractivity contribution in [2.45, 2.75) is 20.4 Å². The number of hydrogen-bond acceptors (Lipinski definition) is 5. The molecule has 2 amide bonds. The molecule has 31 heavy (non-hydrogen) atoms. The van der Waals surface area contributed by atoms with Gasteiger partial charge in [-0.15, -0.1) is 0 Å². The van der Waals surface area contributed by atoms with Crippen LogP contribution in [0.1, 0.15) is 32.8 Å². The van der Waals surface area contributed by atoms with Crippen LogP contribution in [0.25, 0.3) is 17.4 Å². The summed E-state index contributed by atoms with van der Waals surface area (Å²) in [5, 5.41) is 8.80. The van der Waals surface area contributed by atoms with Gasteiger partial charge in [-0.3, -0.25) is 14.5 Å². The van der Waals surface area contributed by atoms with Crippen molar-refractivity contribution < 1.29 is 23.9 Å². The van der Waals surface area contributed by atoms with Crippen LogP contribution in [0, 0.1) is 13.8 Å². The number of carbonyl (C=O) groups excluding carboxylic acids is 2. The maximum Gasteiger partial charge on any atom is 0.335 e. The normalized spacial score (nSPS) is 15.2. The Morgan fingerprint density at radius 2 is 1.84 bits per heavy atom. The number of aromatic carboxylic acids is 1. The Balaban J connectivity index is 1.56. The average molecular weight is 433 g/mol. The Bertz CT molecular complexity index is 1240. The van der Waals surface area contributed by atoms with Gasteiger partial charge in [0, 0.05) is 11.6 Å². The number of amides is 2. The molecular weight excluding hydrogens is 414 g/mol. The van der Waals surface area contributed by atoms with Gasteiger partial charge in [-0.25, -0.2) is 4.79 Å². The largest absolute Gasteiger partial charge is 0.478 e. The minimum absolute atomic E-state index is 0.204. The molecule has 156 valence electrons. The lowest BCUT2D eigenvalue weighted by atomic mass is 10.0. The van der Waals surface area contributed by atoms with Crippen LogP contribution in [0.3, 0.4) is 0 Å². The summed E-state index contributed by atoms with van der Waals surface area (Å²) in [7, 11) is 0. The third-order valence-electron chi connectivity index (χ3n) is 5.10. The summed E-state index contributed by atoms with van der Waals surface area (Å²) in [6.45, 7) is 3.98. The third kappa shape index (κ3) is 4.18. The molecule has 7 heteroatoms. The SMILES string of the molecule is Cc1ccccc1CN1C(=O)S/C(=C\c2ccc(-c3ccc(C(=O)O)cc3C)o2)C1=O. The van der Waals surface area contributed by atoms with Crippen molar-refractivity contribution >= 4 is 35.0 Å². The molecule has 0 aliphatic carbocycles. The number of nitrogens with zero attached hydrogens (tertiary/aromatic N) is 1. The van der Waals surface area contributed by atoms with E-state index in [4.69, 9.17) is 9.52 Å². The van der Waals surface area contributed by atoms with Gasteiger partial charge in [-0.1, -0.05) is 30.3 Å². The highest BCUT2D eigenvalue weighted by molar-refractivity contribution is 8.18. The van der Waals surface area contributed by atoms with Crippen molar-refractivity contribution in [3.63, 3.8) is 0 Å². The summed E-state index contributed by atoms with van der Waals surface area (Å²) >= 11 is 0.888. The van der Waals surface area contributed by atoms with E-state index in [1.54, 1.807) is 37.3 Å². The van der Waals surface area contributed by atoms with Crippen molar-refractivity contribution in [1.82, 2.24) is 4.90 Å². The average Bonchev–Trinajstić information content (AvgIpc) is 3.29. The Morgan fingerprint density at radius 3 is 2.55 bits per heavy atom. The van der Waals surface area contributed by atoms with E-state index in [1.165, 1.54) is 11.0 Å². The van der Waals surface area contributed by atoms with Gasteiger partial charge in [0.05, 0.1) is 17.0 Å². The second-order valence-corrected chi connectivity index (χ2v) is 8.22. The Labute approximate surface area is 183 Å². The number of rotatable bonds is 5. The molecule has 4 rings (SSSR count). The van der Waals surface area contributed by atoms with E-state index in [2.05, 4.69) is 0 Å². The molecule has 6 nitrogen and oxygen atoms in total. The van der Waals surface area contributed by atoms with Gasteiger partial charge in [0.2, 0.25) is 0 Å². The summed E-state index contributed by atoms with van der Waals surface area (Å²) in [6, 6.07) is 15.9. The maximum atomic E-state index is 12.8. The number of aryl methyl sites for hydroxylation is 2. The van der Waals surface area contributed by atoms with Crippen LogP contribution in [0.5, 0.6) is 0 Å². The summed E-state index contributed by atoms with van der Waals surface area (Å²) in [4.78, 5) is 37.9. The molecule has 1 aromatic heterocycles. The smallest absolute Gasteiger partial charge is 0.335 e. The second kappa shape index (κ2) is 8.28. The van der Waals surface area contributed by atoms with Crippen LogP contribution in [0.4, 0.5) is 4.79 Å². The van der Waals surface area contributed by atoms with Crippen molar-refractivity contribution in [1.29, 1.82) is 0 Å². The second-order valence-electron chi connectivity index (χ2n) is 7.23. The zero-order valence-electron chi connectivity index (χ0n) is 16.9. The van der Waals surface area contributed by atoms with E-state index >= 15 is 0 Å². The van der Waals surface area contributed by atoms with Crippen molar-refractivity contribution in [3.05, 3.63) is 87.5 Å². The number of furan rings is 1. The topological polar surface area (TPSA) is 87.8 Å². The van der Waals surface area contributed by atoms with Gasteiger partial charge in [0.15, 0.2) is 0 Å². The van der Waals surface area contributed by atoms with Gasteiger partial charge in [-0.2, -0.15) is 0 Å². The minimum atomic E-state index is -0.990. The lowest BCUT2D eigenvalue weighted by Crippen LogP contribution is -2.27. The highest BCUT2D eigenvalue weighted by Gasteiger charge is 2.35. The quantitative estimate of drug-likeness (QED) is 0.535. The molecule has 1 saturated heterocycles. The van der Waals surface area contributed by atoms with Crippen LogP contribution in [-0.2, 0) is 11.3 Å². The summed E-state index contributed by atoms with van der Waals surface area (Å²) < 4.78 is 5.85. The fourth-order valence-electron chi connectivity index (χ4n) is 3.37. The highest BCUT2D eigenvalue weighted by Crippen LogP contribution is 2.35. The fourth-order valence-corrected chi connectivity index (χ4v) is 4.19. The first kappa shape index (κ1) is 20.7. The Morgan fingerprint density at radius 1 is 1.06 bits per heavy atom. The number of carboxylic acids is 1. The lowest BCUT2D eigenvalue weighted by Gasteiger charge is -2.14. The first-order valence-electron chi connectivity index (χ1n) is 9.57. The van der Waals surface area contributed by atoms with Crippen molar-refractivity contribution in [2.75, 3.05) is 0 Å². The van der Waals surface area contributed by atoms with Crippen LogP contribution < -0.4 is 0 Å². The van der Waals surface area contributed by atoms with Gasteiger partial charge in [0.1, 0.15) is 11.5 Å². The molecule has 1 aliphatic rings. The minimum Gasteiger partial charge on any atom is -0.478 e. The molecule has 0 spiro atoms. The number of thioether (sulfide) groups is 1. The molecule has 1 N–H and O–H groups in total. The third-order valence-corrected chi connectivity index (χ3v) is 6.01. The van der Waals surface area contributed by atoms with Crippen molar-refractivity contribution in [2.24, 2.45) is 0 Å². The highest BCUT2D eigenvalue weighted by atomic mass is 32.2. The molecule has 0 radical (unpaired) electrons. The van der Waals surface area contributed by atoms with Crippen LogP contribution in [0.2, 0.25) is 0 Å². The fraction of sp³-hybridized carbons (Fsp3) is 0.125. The zero-order chi connectivity index (χ0) is 22.1. The molecule has 2 aromatic carbocycles. The Kier molecular flexibility index (Phi) is 5.52. The molecular formula is C24H19NO5S. The standard InChI is InChI=1S/C24H19NO5S/c1-14-5-3-4-6-17(14)13-25-22(26)21(31-24(25)29)12-18-8-10-20(30-18)19-9-7-16(23(27)28)11-15(19)2/h3-12H,13H2,1-2H3,(H,27,28)/b21-12-. The molecule has 0 bridgehead atoms. The summed E-state index contributed by atoms with van der Waals surface area (Å²) in [5.41, 5.74) is 3.67. The van der Waals surface area contributed by atoms with E-state index in [0.717, 1.165) is 34.0 Å².